The summed E-state index contributed by atoms with van der Waals surface area (Å²) < 4.78 is 7.06. The Morgan fingerprint density at radius 3 is 2.86 bits per heavy atom. The Kier molecular flexibility index (Phi) is 4.83. The third kappa shape index (κ3) is 3.54. The van der Waals surface area contributed by atoms with Crippen LogP contribution in [0.4, 0.5) is 4.79 Å². The van der Waals surface area contributed by atoms with Crippen LogP contribution in [-0.4, -0.2) is 28.8 Å². The van der Waals surface area contributed by atoms with E-state index in [9.17, 15) is 4.79 Å². The minimum atomic E-state index is -0.362. The molecule has 0 fully saturated rings. The molecule has 1 aromatic heterocycles. The molecule has 0 saturated carbocycles. The summed E-state index contributed by atoms with van der Waals surface area (Å²) in [6, 6.07) is 6.68. The molecule has 2 aromatic rings. The van der Waals surface area contributed by atoms with Crippen molar-refractivity contribution < 1.29 is 9.53 Å². The van der Waals surface area contributed by atoms with Gasteiger partial charge in [0.1, 0.15) is 5.82 Å². The molecule has 0 aliphatic heterocycles. The van der Waals surface area contributed by atoms with Crippen LogP contribution in [0.1, 0.15) is 38.2 Å². The number of nitrogens with one attached hydrogen (secondary N) is 1. The Morgan fingerprint density at radius 2 is 2.19 bits per heavy atom. The summed E-state index contributed by atoms with van der Waals surface area (Å²) in [7, 11) is 0. The SMILES string of the molecule is CCOC(=O)NCCc1ccc2c(c1)nc(C)n2C(C)C. The van der Waals surface area contributed by atoms with Crippen LogP contribution < -0.4 is 5.32 Å². The molecule has 0 saturated heterocycles. The molecule has 0 atom stereocenters. The molecule has 21 heavy (non-hydrogen) atoms. The number of carbonyl (C=O) groups excluding carboxylic acids is 1. The van der Waals surface area contributed by atoms with Gasteiger partial charge in [0.05, 0.1) is 17.6 Å². The lowest BCUT2D eigenvalue weighted by Gasteiger charge is -2.10. The zero-order valence-electron chi connectivity index (χ0n) is 13.1. The molecule has 114 valence electrons. The molecule has 2 rings (SSSR count). The lowest BCUT2D eigenvalue weighted by Crippen LogP contribution is -2.26. The van der Waals surface area contributed by atoms with Crippen LogP contribution in [0.25, 0.3) is 11.0 Å². The summed E-state index contributed by atoms with van der Waals surface area (Å²) in [5, 5.41) is 2.73. The van der Waals surface area contributed by atoms with E-state index in [-0.39, 0.29) is 6.09 Å². The lowest BCUT2D eigenvalue weighted by atomic mass is 10.1. The van der Waals surface area contributed by atoms with Crippen molar-refractivity contribution in [1.82, 2.24) is 14.9 Å². The first-order valence-corrected chi connectivity index (χ1v) is 7.41. The Morgan fingerprint density at radius 1 is 1.43 bits per heavy atom. The van der Waals surface area contributed by atoms with E-state index in [2.05, 4.69) is 46.9 Å². The van der Waals surface area contributed by atoms with Gasteiger partial charge in [-0.1, -0.05) is 6.07 Å². The standard InChI is InChI=1S/C16H23N3O2/c1-5-21-16(20)17-9-8-13-6-7-15-14(10-13)18-12(4)19(15)11(2)3/h6-7,10-11H,5,8-9H2,1-4H3,(H,17,20). The van der Waals surface area contributed by atoms with Crippen LogP contribution in [0.15, 0.2) is 18.2 Å². The van der Waals surface area contributed by atoms with Gasteiger partial charge in [-0.2, -0.15) is 0 Å². The summed E-state index contributed by atoms with van der Waals surface area (Å²) in [5.74, 6) is 1.03. The number of aromatic nitrogens is 2. The molecule has 5 nitrogen and oxygen atoms in total. The lowest BCUT2D eigenvalue weighted by molar-refractivity contribution is 0.152. The fourth-order valence-electron chi connectivity index (χ4n) is 2.56. The van der Waals surface area contributed by atoms with E-state index in [1.54, 1.807) is 6.92 Å². The van der Waals surface area contributed by atoms with Gasteiger partial charge >= 0.3 is 6.09 Å². The number of amides is 1. The number of imidazole rings is 1. The number of hydrogen-bond donors (Lipinski definition) is 1. The maximum absolute atomic E-state index is 11.2. The van der Waals surface area contributed by atoms with Crippen molar-refractivity contribution in [2.24, 2.45) is 0 Å². The van der Waals surface area contributed by atoms with Crippen LogP contribution in [0.2, 0.25) is 0 Å². The minimum Gasteiger partial charge on any atom is -0.450 e. The van der Waals surface area contributed by atoms with Crippen molar-refractivity contribution in [3.8, 4) is 0 Å². The second kappa shape index (κ2) is 6.61. The molecular weight excluding hydrogens is 266 g/mol. The highest BCUT2D eigenvalue weighted by Crippen LogP contribution is 2.21. The van der Waals surface area contributed by atoms with E-state index in [0.717, 1.165) is 28.8 Å². The first-order chi connectivity index (χ1) is 10.0. The van der Waals surface area contributed by atoms with Crippen molar-refractivity contribution in [3.05, 3.63) is 29.6 Å². The zero-order valence-corrected chi connectivity index (χ0v) is 13.1. The van der Waals surface area contributed by atoms with Crippen LogP contribution in [0.5, 0.6) is 0 Å². The van der Waals surface area contributed by atoms with Gasteiger partial charge in [0.15, 0.2) is 0 Å². The van der Waals surface area contributed by atoms with E-state index >= 15 is 0 Å². The van der Waals surface area contributed by atoms with Gasteiger partial charge in [0.2, 0.25) is 0 Å². The number of carbonyl (C=O) groups is 1. The van der Waals surface area contributed by atoms with E-state index in [1.807, 2.05) is 6.92 Å². The highest BCUT2D eigenvalue weighted by molar-refractivity contribution is 5.77. The van der Waals surface area contributed by atoms with E-state index in [0.29, 0.717) is 19.2 Å². The van der Waals surface area contributed by atoms with Crippen molar-refractivity contribution >= 4 is 17.1 Å². The second-order valence-electron chi connectivity index (χ2n) is 5.34. The van der Waals surface area contributed by atoms with Crippen molar-refractivity contribution in [3.63, 3.8) is 0 Å². The number of nitrogens with zero attached hydrogens (tertiary/aromatic N) is 2. The Hall–Kier alpha value is -2.04. The van der Waals surface area contributed by atoms with Crippen LogP contribution >= 0.6 is 0 Å². The number of alkyl carbamates (subject to hydrolysis) is 1. The first-order valence-electron chi connectivity index (χ1n) is 7.41. The maximum Gasteiger partial charge on any atom is 0.407 e. The summed E-state index contributed by atoms with van der Waals surface area (Å²) in [6.07, 6.45) is 0.404. The molecule has 0 unspecified atom stereocenters. The molecule has 0 bridgehead atoms. The van der Waals surface area contributed by atoms with Crippen molar-refractivity contribution in [2.45, 2.75) is 40.2 Å². The predicted octanol–water partition coefficient (Wildman–Crippen LogP) is 3.21. The van der Waals surface area contributed by atoms with Gasteiger partial charge in [-0.25, -0.2) is 9.78 Å². The molecule has 0 aliphatic rings. The number of hydrogen-bond acceptors (Lipinski definition) is 3. The largest absolute Gasteiger partial charge is 0.450 e. The summed E-state index contributed by atoms with van der Waals surface area (Å²) in [5.41, 5.74) is 3.33. The maximum atomic E-state index is 11.2. The normalized spacial score (nSPS) is 11.1. The number of aryl methyl sites for hydroxylation is 1. The third-order valence-electron chi connectivity index (χ3n) is 3.41. The molecule has 1 aromatic carbocycles. The van der Waals surface area contributed by atoms with E-state index < -0.39 is 0 Å². The average molecular weight is 289 g/mol. The molecule has 0 spiro atoms. The minimum absolute atomic E-state index is 0.362. The van der Waals surface area contributed by atoms with Gasteiger partial charge < -0.3 is 14.6 Å². The van der Waals surface area contributed by atoms with Gasteiger partial charge in [-0.15, -0.1) is 0 Å². The van der Waals surface area contributed by atoms with Crippen LogP contribution in [0, 0.1) is 6.92 Å². The van der Waals surface area contributed by atoms with Gasteiger partial charge in [-0.05, 0) is 51.8 Å². The quantitative estimate of drug-likeness (QED) is 0.919. The Bertz CT molecular complexity index is 632. The Balaban J connectivity index is 2.08. The van der Waals surface area contributed by atoms with E-state index in [1.165, 1.54) is 0 Å². The van der Waals surface area contributed by atoms with Crippen LogP contribution in [-0.2, 0) is 11.2 Å². The second-order valence-corrected chi connectivity index (χ2v) is 5.34. The fourth-order valence-corrected chi connectivity index (χ4v) is 2.56. The van der Waals surface area contributed by atoms with Gasteiger partial charge in [-0.3, -0.25) is 0 Å². The third-order valence-corrected chi connectivity index (χ3v) is 3.41. The molecule has 0 radical (unpaired) electrons. The molecule has 5 heteroatoms. The average Bonchev–Trinajstić information content (AvgIpc) is 2.74. The molecule has 1 amide bonds. The van der Waals surface area contributed by atoms with Crippen molar-refractivity contribution in [1.29, 1.82) is 0 Å². The highest BCUT2D eigenvalue weighted by atomic mass is 16.5. The van der Waals surface area contributed by atoms with Gasteiger partial charge in [0, 0.05) is 12.6 Å². The van der Waals surface area contributed by atoms with Gasteiger partial charge in [0.25, 0.3) is 0 Å². The number of ether oxygens (including phenoxy) is 1. The monoisotopic (exact) mass is 289 g/mol. The topological polar surface area (TPSA) is 56.1 Å². The molecule has 0 aliphatic carbocycles. The number of fused-ring (bicyclic) bond motifs is 1. The number of benzene rings is 1. The summed E-state index contributed by atoms with van der Waals surface area (Å²) >= 11 is 0. The van der Waals surface area contributed by atoms with Crippen molar-refractivity contribution in [2.75, 3.05) is 13.2 Å². The smallest absolute Gasteiger partial charge is 0.407 e. The summed E-state index contributed by atoms with van der Waals surface area (Å²) in [4.78, 5) is 15.8. The summed E-state index contributed by atoms with van der Waals surface area (Å²) in [6.45, 7) is 9.09. The molecular formula is C16H23N3O2. The highest BCUT2D eigenvalue weighted by Gasteiger charge is 2.10. The Labute approximate surface area is 125 Å². The predicted molar refractivity (Wildman–Crippen MR) is 83.6 cm³/mol. The fraction of sp³-hybridized carbons (Fsp3) is 0.500. The molecule has 1 N–H and O–H groups in total. The number of rotatable bonds is 5. The van der Waals surface area contributed by atoms with Crippen LogP contribution in [0.3, 0.4) is 0 Å². The zero-order chi connectivity index (χ0) is 15.4. The molecule has 1 heterocycles. The first kappa shape index (κ1) is 15.4. The van der Waals surface area contributed by atoms with E-state index in [4.69, 9.17) is 4.74 Å².